The topological polar surface area (TPSA) is 96.9 Å². The lowest BCUT2D eigenvalue weighted by atomic mass is 10.2. The van der Waals surface area contributed by atoms with Gasteiger partial charge in [0.05, 0.1) is 6.04 Å². The molecule has 0 saturated carbocycles. The van der Waals surface area contributed by atoms with E-state index < -0.39 is 0 Å². The third kappa shape index (κ3) is 2.47. The van der Waals surface area contributed by atoms with E-state index >= 15 is 0 Å². The maximum atomic E-state index is 11.8. The van der Waals surface area contributed by atoms with Crippen molar-refractivity contribution in [1.29, 1.82) is 0 Å². The van der Waals surface area contributed by atoms with E-state index in [4.69, 9.17) is 10.2 Å². The molecule has 0 bridgehead atoms. The minimum absolute atomic E-state index is 0.208. The van der Waals surface area contributed by atoms with Gasteiger partial charge in [0.2, 0.25) is 0 Å². The van der Waals surface area contributed by atoms with Crippen molar-refractivity contribution in [3.63, 3.8) is 0 Å². The van der Waals surface area contributed by atoms with Crippen LogP contribution < -0.4 is 11.1 Å². The summed E-state index contributed by atoms with van der Waals surface area (Å²) in [5.74, 6) is 1.54. The zero-order valence-electron chi connectivity index (χ0n) is 9.65. The Labute approximate surface area is 98.2 Å². The standard InChI is InChI=1S/C11H14N4O2/c1-6-3-4-9(17-6)7(2)13-11(16)8-5-10(12)15-14-8/h3-5,7H,1-2H3,(H,13,16)(H3,12,14,15). The average molecular weight is 234 g/mol. The number of carbonyl (C=O) groups is 1. The number of nitrogen functional groups attached to an aromatic ring is 1. The molecular weight excluding hydrogens is 220 g/mol. The van der Waals surface area contributed by atoms with Crippen molar-refractivity contribution in [2.45, 2.75) is 19.9 Å². The van der Waals surface area contributed by atoms with Crippen molar-refractivity contribution in [2.75, 3.05) is 5.73 Å². The fourth-order valence-corrected chi connectivity index (χ4v) is 1.49. The lowest BCUT2D eigenvalue weighted by Gasteiger charge is -2.10. The number of nitrogens with two attached hydrogens (primary N) is 1. The van der Waals surface area contributed by atoms with Crippen LogP contribution in [0.5, 0.6) is 0 Å². The Hall–Kier alpha value is -2.24. The van der Waals surface area contributed by atoms with Crippen LogP contribution in [0.3, 0.4) is 0 Å². The molecule has 17 heavy (non-hydrogen) atoms. The summed E-state index contributed by atoms with van der Waals surface area (Å²) in [6.07, 6.45) is 0. The molecule has 0 aromatic carbocycles. The van der Waals surface area contributed by atoms with Crippen LogP contribution in [0.25, 0.3) is 0 Å². The predicted octanol–water partition coefficient (Wildman–Crippen LogP) is 1.38. The molecule has 6 heteroatoms. The molecule has 1 unspecified atom stereocenters. The summed E-state index contributed by atoms with van der Waals surface area (Å²) in [4.78, 5) is 11.8. The van der Waals surface area contributed by atoms with Crippen LogP contribution in [0.15, 0.2) is 22.6 Å². The number of furan rings is 1. The van der Waals surface area contributed by atoms with Gasteiger partial charge in [-0.25, -0.2) is 0 Å². The van der Waals surface area contributed by atoms with Gasteiger partial charge in [0.15, 0.2) is 0 Å². The molecule has 2 aromatic heterocycles. The molecule has 0 aliphatic heterocycles. The third-order valence-corrected chi connectivity index (χ3v) is 2.38. The predicted molar refractivity (Wildman–Crippen MR) is 62.3 cm³/mol. The van der Waals surface area contributed by atoms with Crippen LogP contribution in [-0.4, -0.2) is 16.1 Å². The third-order valence-electron chi connectivity index (χ3n) is 2.38. The highest BCUT2D eigenvalue weighted by Crippen LogP contribution is 2.16. The van der Waals surface area contributed by atoms with E-state index in [9.17, 15) is 4.79 Å². The first-order valence-electron chi connectivity index (χ1n) is 5.24. The van der Waals surface area contributed by atoms with E-state index in [-0.39, 0.29) is 17.8 Å². The van der Waals surface area contributed by atoms with Gasteiger partial charge in [-0.1, -0.05) is 0 Å². The minimum Gasteiger partial charge on any atom is -0.464 e. The minimum atomic E-state index is -0.268. The zero-order valence-corrected chi connectivity index (χ0v) is 9.65. The van der Waals surface area contributed by atoms with Crippen molar-refractivity contribution in [3.05, 3.63) is 35.4 Å². The van der Waals surface area contributed by atoms with Crippen molar-refractivity contribution in [1.82, 2.24) is 15.5 Å². The molecule has 0 aliphatic rings. The Bertz CT molecular complexity index is 529. The summed E-state index contributed by atoms with van der Waals surface area (Å²) >= 11 is 0. The molecule has 2 aromatic rings. The molecule has 90 valence electrons. The van der Waals surface area contributed by atoms with Crippen LogP contribution in [0.1, 0.15) is 35.0 Å². The summed E-state index contributed by atoms with van der Waals surface area (Å²) in [5.41, 5.74) is 5.75. The fourth-order valence-electron chi connectivity index (χ4n) is 1.49. The van der Waals surface area contributed by atoms with Gasteiger partial charge < -0.3 is 15.5 Å². The molecule has 6 nitrogen and oxygen atoms in total. The van der Waals surface area contributed by atoms with Gasteiger partial charge in [0.1, 0.15) is 23.0 Å². The van der Waals surface area contributed by atoms with Crippen molar-refractivity contribution in [3.8, 4) is 0 Å². The first kappa shape index (κ1) is 11.3. The normalized spacial score (nSPS) is 12.4. The van der Waals surface area contributed by atoms with E-state index in [0.717, 1.165) is 5.76 Å². The van der Waals surface area contributed by atoms with E-state index in [1.165, 1.54) is 6.07 Å². The van der Waals surface area contributed by atoms with Crippen molar-refractivity contribution >= 4 is 11.7 Å². The van der Waals surface area contributed by atoms with Gasteiger partial charge in [-0.05, 0) is 26.0 Å². The molecule has 0 spiro atoms. The molecule has 2 heterocycles. The highest BCUT2D eigenvalue weighted by atomic mass is 16.3. The highest BCUT2D eigenvalue weighted by molar-refractivity contribution is 5.93. The number of hydrogen-bond donors (Lipinski definition) is 3. The van der Waals surface area contributed by atoms with Crippen LogP contribution >= 0.6 is 0 Å². The Balaban J connectivity index is 2.04. The smallest absolute Gasteiger partial charge is 0.269 e. The number of H-pyrrole nitrogens is 1. The largest absolute Gasteiger partial charge is 0.464 e. The van der Waals surface area contributed by atoms with Crippen molar-refractivity contribution in [2.24, 2.45) is 0 Å². The molecule has 0 saturated heterocycles. The molecule has 1 atom stereocenters. The number of rotatable bonds is 3. The van der Waals surface area contributed by atoms with Gasteiger partial charge in [0.25, 0.3) is 5.91 Å². The van der Waals surface area contributed by atoms with Gasteiger partial charge in [-0.15, -0.1) is 0 Å². The maximum Gasteiger partial charge on any atom is 0.269 e. The SMILES string of the molecule is Cc1ccc(C(C)NC(=O)c2cc(N)n[nH]2)o1. The molecule has 0 radical (unpaired) electrons. The molecule has 0 aliphatic carbocycles. The monoisotopic (exact) mass is 234 g/mol. The lowest BCUT2D eigenvalue weighted by molar-refractivity contribution is 0.0930. The second-order valence-electron chi connectivity index (χ2n) is 3.85. The molecular formula is C11H14N4O2. The quantitative estimate of drug-likeness (QED) is 0.747. The zero-order chi connectivity index (χ0) is 12.4. The van der Waals surface area contributed by atoms with Crippen molar-refractivity contribution < 1.29 is 9.21 Å². The number of nitrogens with zero attached hydrogens (tertiary/aromatic N) is 1. The number of aromatic amines is 1. The number of carbonyl (C=O) groups excluding carboxylic acids is 1. The number of aromatic nitrogens is 2. The van der Waals surface area contributed by atoms with Crippen LogP contribution in [0.2, 0.25) is 0 Å². The Morgan fingerprint density at radius 1 is 1.59 bits per heavy atom. The first-order chi connectivity index (χ1) is 8.06. The lowest BCUT2D eigenvalue weighted by Crippen LogP contribution is -2.26. The Morgan fingerprint density at radius 3 is 2.88 bits per heavy atom. The molecule has 4 N–H and O–H groups in total. The van der Waals surface area contributed by atoms with E-state index in [2.05, 4.69) is 15.5 Å². The van der Waals surface area contributed by atoms with Gasteiger partial charge in [-0.3, -0.25) is 9.89 Å². The summed E-state index contributed by atoms with van der Waals surface area (Å²) in [6, 6.07) is 4.96. The Morgan fingerprint density at radius 2 is 2.35 bits per heavy atom. The molecule has 1 amide bonds. The van der Waals surface area contributed by atoms with Gasteiger partial charge in [0, 0.05) is 6.07 Å². The summed E-state index contributed by atoms with van der Waals surface area (Å²) in [5, 5.41) is 9.02. The maximum absolute atomic E-state index is 11.8. The van der Waals surface area contributed by atoms with E-state index in [1.54, 1.807) is 0 Å². The number of anilines is 1. The van der Waals surface area contributed by atoms with Gasteiger partial charge in [-0.2, -0.15) is 5.10 Å². The molecule has 2 rings (SSSR count). The first-order valence-corrected chi connectivity index (χ1v) is 5.24. The average Bonchev–Trinajstić information content (AvgIpc) is 2.87. The fraction of sp³-hybridized carbons (Fsp3) is 0.273. The van der Waals surface area contributed by atoms with Crippen LogP contribution in [0, 0.1) is 6.92 Å². The Kier molecular flexibility index (Phi) is 2.86. The number of nitrogens with one attached hydrogen (secondary N) is 2. The highest BCUT2D eigenvalue weighted by Gasteiger charge is 2.15. The van der Waals surface area contributed by atoms with Crippen LogP contribution in [-0.2, 0) is 0 Å². The second kappa shape index (κ2) is 4.32. The summed E-state index contributed by atoms with van der Waals surface area (Å²) < 4.78 is 5.42. The summed E-state index contributed by atoms with van der Waals surface area (Å²) in [7, 11) is 0. The van der Waals surface area contributed by atoms with Gasteiger partial charge >= 0.3 is 0 Å². The number of aryl methyl sites for hydroxylation is 1. The van der Waals surface area contributed by atoms with Crippen LogP contribution in [0.4, 0.5) is 5.82 Å². The number of amides is 1. The van der Waals surface area contributed by atoms with E-state index in [0.29, 0.717) is 11.5 Å². The number of hydrogen-bond acceptors (Lipinski definition) is 4. The van der Waals surface area contributed by atoms with E-state index in [1.807, 2.05) is 26.0 Å². The summed E-state index contributed by atoms with van der Waals surface area (Å²) in [6.45, 7) is 3.70. The second-order valence-corrected chi connectivity index (χ2v) is 3.85. The molecule has 0 fully saturated rings.